The number of hydrogen-bond acceptors (Lipinski definition) is 9. The zero-order valence-electron chi connectivity index (χ0n) is 16.8. The highest BCUT2D eigenvalue weighted by Crippen LogP contribution is 2.02. The van der Waals surface area contributed by atoms with Gasteiger partial charge in [-0.3, -0.25) is 24.0 Å². The lowest BCUT2D eigenvalue weighted by molar-refractivity contribution is -0.148. The number of carbonyl (C=O) groups is 6. The first kappa shape index (κ1) is 27.7. The van der Waals surface area contributed by atoms with Crippen LogP contribution in [0.25, 0.3) is 0 Å². The van der Waals surface area contributed by atoms with Gasteiger partial charge in [0.1, 0.15) is 18.1 Å². The van der Waals surface area contributed by atoms with Gasteiger partial charge < -0.3 is 47.8 Å². The summed E-state index contributed by atoms with van der Waals surface area (Å²) in [5, 5.41) is 43.3. The van der Waals surface area contributed by atoms with E-state index < -0.39 is 84.8 Å². The zero-order chi connectivity index (χ0) is 24.5. The molecular formula is C16H27N5O10. The second kappa shape index (κ2) is 12.4. The first-order chi connectivity index (χ1) is 14.2. The number of hydrogen-bond donors (Lipinski definition) is 9. The molecule has 6 unspecified atom stereocenters. The second-order valence-corrected chi connectivity index (χ2v) is 6.73. The highest BCUT2D eigenvalue weighted by atomic mass is 16.4. The molecule has 0 spiro atoms. The minimum atomic E-state index is -1.85. The SMILES string of the molecule is CC(O)C(NC(=O)C(N)CC(N)=O)C(=O)NC(C(=O)NC(CC(=O)O)C(=O)O)C(C)O. The Morgan fingerprint density at radius 3 is 1.55 bits per heavy atom. The Kier molecular flexibility index (Phi) is 11.1. The van der Waals surface area contributed by atoms with E-state index in [1.165, 1.54) is 0 Å². The summed E-state index contributed by atoms with van der Waals surface area (Å²) in [6.45, 7) is 2.20. The number of aliphatic carboxylic acids is 2. The Balaban J connectivity index is 5.38. The predicted octanol–water partition coefficient (Wildman–Crippen LogP) is -5.04. The van der Waals surface area contributed by atoms with Gasteiger partial charge in [-0.2, -0.15) is 0 Å². The third-order valence-corrected chi connectivity index (χ3v) is 3.88. The van der Waals surface area contributed by atoms with Gasteiger partial charge >= 0.3 is 11.9 Å². The van der Waals surface area contributed by atoms with E-state index in [0.717, 1.165) is 13.8 Å². The van der Waals surface area contributed by atoms with E-state index in [4.69, 9.17) is 21.7 Å². The van der Waals surface area contributed by atoms with Crippen LogP contribution in [-0.2, 0) is 28.8 Å². The van der Waals surface area contributed by atoms with Crippen molar-refractivity contribution >= 4 is 35.6 Å². The summed E-state index contributed by atoms with van der Waals surface area (Å²) in [6, 6.07) is -6.70. The molecule has 176 valence electrons. The normalized spacial score (nSPS) is 16.5. The quantitative estimate of drug-likeness (QED) is 0.128. The summed E-state index contributed by atoms with van der Waals surface area (Å²) in [7, 11) is 0. The molecule has 0 bridgehead atoms. The Bertz CT molecular complexity index is 711. The van der Waals surface area contributed by atoms with Gasteiger partial charge in [0.25, 0.3) is 0 Å². The lowest BCUT2D eigenvalue weighted by atomic mass is 10.1. The van der Waals surface area contributed by atoms with Crippen molar-refractivity contribution in [1.82, 2.24) is 16.0 Å². The standard InChI is InChI=1S/C16H27N5O10/c1-5(22)11(14(28)19-8(16(30)31)4-10(25)26)21-15(29)12(6(2)23)20-13(27)7(17)3-9(18)24/h5-8,11-12,22-23H,3-4,17H2,1-2H3,(H2,18,24)(H,19,28)(H,20,27)(H,21,29)(H,25,26)(H,30,31). The summed E-state index contributed by atoms with van der Waals surface area (Å²) in [4.78, 5) is 69.4. The molecule has 0 aliphatic carbocycles. The largest absolute Gasteiger partial charge is 0.481 e. The number of carboxylic acid groups (broad SMARTS) is 2. The van der Waals surface area contributed by atoms with Crippen LogP contribution in [0.5, 0.6) is 0 Å². The predicted molar refractivity (Wildman–Crippen MR) is 101 cm³/mol. The molecule has 0 aliphatic heterocycles. The zero-order valence-corrected chi connectivity index (χ0v) is 16.8. The number of carbonyl (C=O) groups excluding carboxylic acids is 4. The van der Waals surface area contributed by atoms with Crippen molar-refractivity contribution in [1.29, 1.82) is 0 Å². The highest BCUT2D eigenvalue weighted by molar-refractivity contribution is 5.95. The van der Waals surface area contributed by atoms with Crippen LogP contribution in [0.15, 0.2) is 0 Å². The Hall–Kier alpha value is -3.30. The molecule has 0 saturated carbocycles. The first-order valence-electron chi connectivity index (χ1n) is 8.93. The monoisotopic (exact) mass is 449 g/mol. The van der Waals surface area contributed by atoms with Gasteiger partial charge in [0, 0.05) is 0 Å². The molecule has 0 aromatic heterocycles. The van der Waals surface area contributed by atoms with Gasteiger partial charge in [0.15, 0.2) is 0 Å². The molecule has 11 N–H and O–H groups in total. The number of aliphatic hydroxyl groups excluding tert-OH is 2. The van der Waals surface area contributed by atoms with E-state index in [2.05, 4.69) is 5.32 Å². The molecule has 0 saturated heterocycles. The van der Waals surface area contributed by atoms with Crippen LogP contribution in [0, 0.1) is 0 Å². The lowest BCUT2D eigenvalue weighted by Crippen LogP contribution is -2.62. The fourth-order valence-electron chi connectivity index (χ4n) is 2.26. The molecular weight excluding hydrogens is 422 g/mol. The molecule has 0 aromatic carbocycles. The van der Waals surface area contributed by atoms with Crippen LogP contribution in [0.2, 0.25) is 0 Å². The molecule has 0 rings (SSSR count). The van der Waals surface area contributed by atoms with E-state index in [9.17, 15) is 39.0 Å². The van der Waals surface area contributed by atoms with Crippen molar-refractivity contribution in [2.75, 3.05) is 0 Å². The number of rotatable bonds is 13. The van der Waals surface area contributed by atoms with Crippen LogP contribution in [-0.4, -0.2) is 92.4 Å². The molecule has 4 amide bonds. The summed E-state index contributed by atoms with van der Waals surface area (Å²) in [6.07, 6.45) is -4.60. The molecule has 0 heterocycles. The van der Waals surface area contributed by atoms with E-state index >= 15 is 0 Å². The van der Waals surface area contributed by atoms with Crippen LogP contribution < -0.4 is 27.4 Å². The van der Waals surface area contributed by atoms with E-state index in [-0.39, 0.29) is 0 Å². The Morgan fingerprint density at radius 2 is 1.19 bits per heavy atom. The third kappa shape index (κ3) is 9.83. The summed E-state index contributed by atoms with van der Waals surface area (Å²) in [5.74, 6) is -7.46. The number of carboxylic acids is 2. The van der Waals surface area contributed by atoms with Gasteiger partial charge in [-0.25, -0.2) is 4.79 Å². The molecule has 0 radical (unpaired) electrons. The van der Waals surface area contributed by atoms with Crippen molar-refractivity contribution < 1.29 is 49.2 Å². The number of nitrogens with one attached hydrogen (secondary N) is 3. The van der Waals surface area contributed by atoms with Crippen molar-refractivity contribution in [3.05, 3.63) is 0 Å². The smallest absolute Gasteiger partial charge is 0.326 e. The number of nitrogens with two attached hydrogens (primary N) is 2. The molecule has 15 nitrogen and oxygen atoms in total. The molecule has 0 aliphatic rings. The second-order valence-electron chi connectivity index (χ2n) is 6.73. The number of primary amides is 1. The molecule has 0 aromatic rings. The van der Waals surface area contributed by atoms with Crippen LogP contribution in [0.4, 0.5) is 0 Å². The Labute approximate surface area is 176 Å². The van der Waals surface area contributed by atoms with E-state index in [1.807, 2.05) is 10.6 Å². The summed E-state index contributed by atoms with van der Waals surface area (Å²) < 4.78 is 0. The maximum atomic E-state index is 12.5. The average molecular weight is 449 g/mol. The van der Waals surface area contributed by atoms with Crippen LogP contribution >= 0.6 is 0 Å². The molecule has 15 heteroatoms. The van der Waals surface area contributed by atoms with Gasteiger partial charge in [-0.1, -0.05) is 0 Å². The van der Waals surface area contributed by atoms with E-state index in [0.29, 0.717) is 0 Å². The summed E-state index contributed by atoms with van der Waals surface area (Å²) in [5.41, 5.74) is 10.4. The van der Waals surface area contributed by atoms with Gasteiger partial charge in [-0.05, 0) is 13.8 Å². The Morgan fingerprint density at radius 1 is 0.774 bits per heavy atom. The third-order valence-electron chi connectivity index (χ3n) is 3.88. The average Bonchev–Trinajstić information content (AvgIpc) is 2.61. The number of aliphatic hydroxyl groups is 2. The van der Waals surface area contributed by atoms with Crippen molar-refractivity contribution in [3.63, 3.8) is 0 Å². The highest BCUT2D eigenvalue weighted by Gasteiger charge is 2.34. The van der Waals surface area contributed by atoms with Crippen molar-refractivity contribution in [2.45, 2.75) is 63.1 Å². The minimum absolute atomic E-state index is 0.543. The maximum absolute atomic E-state index is 12.5. The molecule has 31 heavy (non-hydrogen) atoms. The topological polar surface area (TPSA) is 271 Å². The van der Waals surface area contributed by atoms with Crippen molar-refractivity contribution in [3.8, 4) is 0 Å². The fraction of sp³-hybridized carbons (Fsp3) is 0.625. The van der Waals surface area contributed by atoms with E-state index in [1.54, 1.807) is 0 Å². The van der Waals surface area contributed by atoms with Gasteiger partial charge in [-0.15, -0.1) is 0 Å². The van der Waals surface area contributed by atoms with Crippen LogP contribution in [0.3, 0.4) is 0 Å². The van der Waals surface area contributed by atoms with Crippen LogP contribution in [0.1, 0.15) is 26.7 Å². The van der Waals surface area contributed by atoms with Crippen molar-refractivity contribution in [2.24, 2.45) is 11.5 Å². The molecule has 6 atom stereocenters. The minimum Gasteiger partial charge on any atom is -0.481 e. The fourth-order valence-corrected chi connectivity index (χ4v) is 2.26. The number of amides is 4. The van der Waals surface area contributed by atoms with Gasteiger partial charge in [0.2, 0.25) is 23.6 Å². The van der Waals surface area contributed by atoms with Gasteiger partial charge in [0.05, 0.1) is 31.1 Å². The summed E-state index contributed by atoms with van der Waals surface area (Å²) >= 11 is 0. The lowest BCUT2D eigenvalue weighted by Gasteiger charge is -2.27. The first-order valence-corrected chi connectivity index (χ1v) is 8.93. The molecule has 0 fully saturated rings. The maximum Gasteiger partial charge on any atom is 0.326 e.